The van der Waals surface area contributed by atoms with Crippen LogP contribution in [-0.4, -0.2) is 28.6 Å². The summed E-state index contributed by atoms with van der Waals surface area (Å²) in [5.74, 6) is -1.09. The van der Waals surface area contributed by atoms with Gasteiger partial charge in [-0.15, -0.1) is 0 Å². The lowest BCUT2D eigenvalue weighted by Crippen LogP contribution is -2.35. The summed E-state index contributed by atoms with van der Waals surface area (Å²) in [5.41, 5.74) is 0.790. The third-order valence-corrected chi connectivity index (χ3v) is 3.80. The molecule has 0 amide bonds. The van der Waals surface area contributed by atoms with Gasteiger partial charge in [0.15, 0.2) is 0 Å². The molecule has 0 saturated carbocycles. The van der Waals surface area contributed by atoms with Crippen molar-refractivity contribution in [2.24, 2.45) is 0 Å². The van der Waals surface area contributed by atoms with Crippen LogP contribution in [0.25, 0.3) is 0 Å². The molecule has 0 aliphatic carbocycles. The van der Waals surface area contributed by atoms with Crippen LogP contribution < -0.4 is 0 Å². The number of carboxylic acid groups (broad SMARTS) is 1. The van der Waals surface area contributed by atoms with E-state index in [2.05, 4.69) is 15.9 Å². The zero-order chi connectivity index (χ0) is 12.4. The second-order valence-electron chi connectivity index (χ2n) is 4.20. The Balaban J connectivity index is 2.15. The molecule has 0 aromatic heterocycles. The lowest BCUT2D eigenvalue weighted by atomic mass is 10.2. The molecule has 1 N–H and O–H groups in total. The van der Waals surface area contributed by atoms with E-state index in [0.29, 0.717) is 13.0 Å². The number of carboxylic acids is 1. The molecule has 0 bridgehead atoms. The number of likely N-dealkylation sites (tertiary alicyclic amines) is 1. The first-order valence-electron chi connectivity index (χ1n) is 5.48. The van der Waals surface area contributed by atoms with Crippen LogP contribution in [0.3, 0.4) is 0 Å². The number of benzene rings is 1. The summed E-state index contributed by atoms with van der Waals surface area (Å²) in [4.78, 5) is 12.9. The van der Waals surface area contributed by atoms with Gasteiger partial charge in [0.2, 0.25) is 0 Å². The normalized spacial score (nSPS) is 20.7. The van der Waals surface area contributed by atoms with Crippen molar-refractivity contribution in [3.05, 3.63) is 34.1 Å². The van der Waals surface area contributed by atoms with Crippen molar-refractivity contribution in [2.45, 2.75) is 25.4 Å². The largest absolute Gasteiger partial charge is 0.480 e. The number of rotatable bonds is 3. The van der Waals surface area contributed by atoms with Crippen molar-refractivity contribution in [1.82, 2.24) is 4.90 Å². The third-order valence-electron chi connectivity index (χ3n) is 3.03. The lowest BCUT2D eigenvalue weighted by Gasteiger charge is -2.21. The van der Waals surface area contributed by atoms with Crippen molar-refractivity contribution >= 4 is 21.9 Å². The zero-order valence-corrected chi connectivity index (χ0v) is 10.8. The number of carbonyl (C=O) groups is 1. The molecule has 1 aliphatic rings. The second-order valence-corrected chi connectivity index (χ2v) is 5.06. The fourth-order valence-electron chi connectivity index (χ4n) is 2.18. The SMILES string of the molecule is O=C(O)C1CCCN1Cc1cc(F)ccc1Br. The van der Waals surface area contributed by atoms with Crippen molar-refractivity contribution in [3.8, 4) is 0 Å². The average molecular weight is 302 g/mol. The molecule has 0 radical (unpaired) electrons. The standard InChI is InChI=1S/C12H13BrFNO2/c13-10-4-3-9(14)6-8(10)7-15-5-1-2-11(15)12(16)17/h3-4,6,11H,1-2,5,7H2,(H,16,17). The summed E-state index contributed by atoms with van der Waals surface area (Å²) >= 11 is 3.35. The Kier molecular flexibility index (Phi) is 3.79. The van der Waals surface area contributed by atoms with Gasteiger partial charge in [-0.05, 0) is 43.1 Å². The smallest absolute Gasteiger partial charge is 0.320 e. The summed E-state index contributed by atoms with van der Waals surface area (Å²) in [7, 11) is 0. The quantitative estimate of drug-likeness (QED) is 0.933. The van der Waals surface area contributed by atoms with Gasteiger partial charge in [-0.1, -0.05) is 15.9 Å². The lowest BCUT2D eigenvalue weighted by molar-refractivity contribution is -0.142. The molecule has 1 heterocycles. The van der Waals surface area contributed by atoms with E-state index in [9.17, 15) is 9.18 Å². The average Bonchev–Trinajstić information content (AvgIpc) is 2.71. The third kappa shape index (κ3) is 2.84. The molecule has 1 aliphatic heterocycles. The molecular formula is C12H13BrFNO2. The van der Waals surface area contributed by atoms with Gasteiger partial charge in [-0.2, -0.15) is 0 Å². The minimum atomic E-state index is -0.796. The van der Waals surface area contributed by atoms with Crippen LogP contribution in [0.1, 0.15) is 18.4 Å². The molecule has 5 heteroatoms. The van der Waals surface area contributed by atoms with E-state index in [1.54, 1.807) is 6.07 Å². The Morgan fingerprint density at radius 3 is 3.06 bits per heavy atom. The van der Waals surface area contributed by atoms with E-state index in [0.717, 1.165) is 23.0 Å². The predicted molar refractivity (Wildman–Crippen MR) is 65.2 cm³/mol. The zero-order valence-electron chi connectivity index (χ0n) is 9.20. The summed E-state index contributed by atoms with van der Waals surface area (Å²) in [6.07, 6.45) is 1.55. The highest BCUT2D eigenvalue weighted by molar-refractivity contribution is 9.10. The molecular weight excluding hydrogens is 289 g/mol. The van der Waals surface area contributed by atoms with Crippen LogP contribution >= 0.6 is 15.9 Å². The van der Waals surface area contributed by atoms with Gasteiger partial charge in [-0.25, -0.2) is 4.39 Å². The Bertz CT molecular complexity index is 439. The summed E-state index contributed by atoms with van der Waals surface area (Å²) in [6, 6.07) is 4.04. The maximum atomic E-state index is 13.1. The highest BCUT2D eigenvalue weighted by Crippen LogP contribution is 2.24. The molecule has 0 spiro atoms. The molecule has 92 valence electrons. The number of halogens is 2. The molecule has 1 atom stereocenters. The highest BCUT2D eigenvalue weighted by Gasteiger charge is 2.30. The van der Waals surface area contributed by atoms with Gasteiger partial charge in [0, 0.05) is 11.0 Å². The minimum absolute atomic E-state index is 0.297. The Morgan fingerprint density at radius 1 is 1.59 bits per heavy atom. The summed E-state index contributed by atoms with van der Waals surface area (Å²) in [6.45, 7) is 1.22. The topological polar surface area (TPSA) is 40.5 Å². The van der Waals surface area contributed by atoms with Gasteiger partial charge in [-0.3, -0.25) is 9.69 Å². The maximum Gasteiger partial charge on any atom is 0.320 e. The molecule has 1 fully saturated rings. The molecule has 2 rings (SSSR count). The second kappa shape index (κ2) is 5.14. The van der Waals surface area contributed by atoms with Crippen LogP contribution in [0.2, 0.25) is 0 Å². The van der Waals surface area contributed by atoms with Crippen molar-refractivity contribution in [3.63, 3.8) is 0 Å². The first-order chi connectivity index (χ1) is 8.08. The van der Waals surface area contributed by atoms with Gasteiger partial charge >= 0.3 is 5.97 Å². The Labute approximate surface area is 107 Å². The van der Waals surface area contributed by atoms with Crippen molar-refractivity contribution in [2.75, 3.05) is 6.54 Å². The molecule has 1 unspecified atom stereocenters. The van der Waals surface area contributed by atoms with Gasteiger partial charge < -0.3 is 5.11 Å². The van der Waals surface area contributed by atoms with Crippen molar-refractivity contribution < 1.29 is 14.3 Å². The monoisotopic (exact) mass is 301 g/mol. The van der Waals surface area contributed by atoms with Gasteiger partial charge in [0.25, 0.3) is 0 Å². The predicted octanol–water partition coefficient (Wildman–Crippen LogP) is 2.64. The fourth-order valence-corrected chi connectivity index (χ4v) is 2.55. The van der Waals surface area contributed by atoms with E-state index in [1.807, 2.05) is 4.90 Å². The molecule has 17 heavy (non-hydrogen) atoms. The number of hydrogen-bond donors (Lipinski definition) is 1. The molecule has 1 aromatic rings. The van der Waals surface area contributed by atoms with Gasteiger partial charge in [0.05, 0.1) is 0 Å². The number of nitrogens with zero attached hydrogens (tertiary/aromatic N) is 1. The Hall–Kier alpha value is -0.940. The molecule has 3 nitrogen and oxygen atoms in total. The van der Waals surface area contributed by atoms with Crippen LogP contribution in [0.15, 0.2) is 22.7 Å². The first-order valence-corrected chi connectivity index (χ1v) is 6.28. The summed E-state index contributed by atoms with van der Waals surface area (Å²) in [5, 5.41) is 9.06. The Morgan fingerprint density at radius 2 is 2.35 bits per heavy atom. The van der Waals surface area contributed by atoms with Crippen molar-refractivity contribution in [1.29, 1.82) is 0 Å². The van der Waals surface area contributed by atoms with E-state index in [-0.39, 0.29) is 5.82 Å². The van der Waals surface area contributed by atoms with E-state index >= 15 is 0 Å². The van der Waals surface area contributed by atoms with Gasteiger partial charge in [0.1, 0.15) is 11.9 Å². The van der Waals surface area contributed by atoms with E-state index in [4.69, 9.17) is 5.11 Å². The fraction of sp³-hybridized carbons (Fsp3) is 0.417. The molecule has 1 aromatic carbocycles. The molecule has 1 saturated heterocycles. The summed E-state index contributed by atoms with van der Waals surface area (Å²) < 4.78 is 13.9. The van der Waals surface area contributed by atoms with E-state index < -0.39 is 12.0 Å². The maximum absolute atomic E-state index is 13.1. The number of hydrogen-bond acceptors (Lipinski definition) is 2. The van der Waals surface area contributed by atoms with Crippen LogP contribution in [0.5, 0.6) is 0 Å². The van der Waals surface area contributed by atoms with Crippen LogP contribution in [-0.2, 0) is 11.3 Å². The van der Waals surface area contributed by atoms with Crippen LogP contribution in [0.4, 0.5) is 4.39 Å². The first kappa shape index (κ1) is 12.5. The highest BCUT2D eigenvalue weighted by atomic mass is 79.9. The minimum Gasteiger partial charge on any atom is -0.480 e. The van der Waals surface area contributed by atoms with E-state index in [1.165, 1.54) is 12.1 Å². The number of aliphatic carboxylic acids is 1. The van der Waals surface area contributed by atoms with Crippen LogP contribution in [0, 0.1) is 5.82 Å².